The summed E-state index contributed by atoms with van der Waals surface area (Å²) in [6.07, 6.45) is 0. The molecule has 5 nitrogen and oxygen atoms in total. The zero-order valence-corrected chi connectivity index (χ0v) is 14.0. The maximum Gasteiger partial charge on any atom is 0.214 e. The maximum atomic E-state index is 13.0. The van der Waals surface area contributed by atoms with Crippen LogP contribution in [0.1, 0.15) is 22.8 Å². The lowest BCUT2D eigenvalue weighted by Crippen LogP contribution is -2.15. The van der Waals surface area contributed by atoms with Crippen LogP contribution in [0.2, 0.25) is 0 Å². The lowest BCUT2D eigenvalue weighted by Gasteiger charge is -2.11. The van der Waals surface area contributed by atoms with Crippen molar-refractivity contribution in [2.45, 2.75) is 24.3 Å². The number of tetrazole rings is 1. The Morgan fingerprint density at radius 1 is 1.17 bits per heavy atom. The van der Waals surface area contributed by atoms with Crippen molar-refractivity contribution in [3.63, 3.8) is 0 Å². The summed E-state index contributed by atoms with van der Waals surface area (Å²) in [5, 5.41) is 11.9. The molecular weight excluding hydrogens is 327 g/mol. The van der Waals surface area contributed by atoms with Gasteiger partial charge in [0.1, 0.15) is 5.82 Å². The molecule has 3 aromatic rings. The van der Waals surface area contributed by atoms with Gasteiger partial charge in [0.2, 0.25) is 5.16 Å². The quantitative estimate of drug-likeness (QED) is 0.525. The summed E-state index contributed by atoms with van der Waals surface area (Å²) in [7, 11) is 0. The van der Waals surface area contributed by atoms with Gasteiger partial charge in [0.05, 0.1) is 10.9 Å². The average molecular weight is 342 g/mol. The molecule has 24 heavy (non-hydrogen) atoms. The minimum Gasteiger partial charge on any atom is -0.293 e. The average Bonchev–Trinajstić information content (AvgIpc) is 3.03. The second kappa shape index (κ2) is 6.92. The van der Waals surface area contributed by atoms with Crippen LogP contribution in [0.15, 0.2) is 53.7 Å². The van der Waals surface area contributed by atoms with E-state index in [-0.39, 0.29) is 11.6 Å². The number of ketones is 1. The first kappa shape index (κ1) is 16.3. The highest BCUT2D eigenvalue weighted by Crippen LogP contribution is 2.26. The first-order chi connectivity index (χ1) is 11.6. The predicted octanol–water partition coefficient (Wildman–Crippen LogP) is 3.47. The number of nitrogens with zero attached hydrogens (tertiary/aromatic N) is 4. The number of aromatic nitrogens is 4. The molecule has 2 aromatic carbocycles. The van der Waals surface area contributed by atoms with Crippen molar-refractivity contribution in [3.8, 4) is 5.69 Å². The molecular formula is C17H15FN4OS. The van der Waals surface area contributed by atoms with Crippen LogP contribution in [0.3, 0.4) is 0 Å². The van der Waals surface area contributed by atoms with Crippen LogP contribution in [-0.4, -0.2) is 31.2 Å². The number of thioether (sulfide) groups is 1. The molecule has 0 radical (unpaired) electrons. The molecule has 1 atom stereocenters. The minimum absolute atomic E-state index is 0.0978. The van der Waals surface area contributed by atoms with Gasteiger partial charge in [0.25, 0.3) is 0 Å². The number of hydrogen-bond donors (Lipinski definition) is 0. The van der Waals surface area contributed by atoms with Crippen LogP contribution in [-0.2, 0) is 0 Å². The minimum atomic E-state index is -0.399. The number of aryl methyl sites for hydroxylation is 1. The van der Waals surface area contributed by atoms with Gasteiger partial charge in [0, 0.05) is 5.56 Å². The van der Waals surface area contributed by atoms with Crippen LogP contribution < -0.4 is 0 Å². The van der Waals surface area contributed by atoms with Gasteiger partial charge >= 0.3 is 0 Å². The SMILES string of the molecule is Cc1ccccc1-n1nnnc1S[C@@H](C)C(=O)c1ccc(F)cc1. The molecule has 0 spiro atoms. The molecule has 0 aliphatic heterocycles. The Hall–Kier alpha value is -2.54. The fourth-order valence-corrected chi connectivity index (χ4v) is 3.14. The lowest BCUT2D eigenvalue weighted by molar-refractivity contribution is 0.0994. The van der Waals surface area contributed by atoms with Gasteiger partial charge in [-0.15, -0.1) is 5.10 Å². The molecule has 0 saturated carbocycles. The van der Waals surface area contributed by atoms with Crippen molar-refractivity contribution in [2.24, 2.45) is 0 Å². The lowest BCUT2D eigenvalue weighted by atomic mass is 10.1. The van der Waals surface area contributed by atoms with E-state index in [4.69, 9.17) is 0 Å². The van der Waals surface area contributed by atoms with Gasteiger partial charge in [-0.05, 0) is 60.2 Å². The van der Waals surface area contributed by atoms with E-state index in [2.05, 4.69) is 15.5 Å². The fourth-order valence-electron chi connectivity index (χ4n) is 2.27. The maximum absolute atomic E-state index is 13.0. The van der Waals surface area contributed by atoms with E-state index in [9.17, 15) is 9.18 Å². The van der Waals surface area contributed by atoms with E-state index in [1.54, 1.807) is 11.6 Å². The smallest absolute Gasteiger partial charge is 0.214 e. The van der Waals surface area contributed by atoms with Crippen molar-refractivity contribution in [3.05, 3.63) is 65.5 Å². The number of hydrogen-bond acceptors (Lipinski definition) is 5. The molecule has 0 N–H and O–H groups in total. The highest BCUT2D eigenvalue weighted by atomic mass is 32.2. The van der Waals surface area contributed by atoms with E-state index < -0.39 is 5.25 Å². The molecule has 0 fully saturated rings. The molecule has 0 aliphatic carbocycles. The van der Waals surface area contributed by atoms with Crippen molar-refractivity contribution in [2.75, 3.05) is 0 Å². The van der Waals surface area contributed by atoms with Crippen LogP contribution in [0.25, 0.3) is 5.69 Å². The number of Topliss-reactive ketones (excluding diaryl/α,β-unsaturated/α-hetero) is 1. The van der Waals surface area contributed by atoms with E-state index in [1.807, 2.05) is 31.2 Å². The number of halogens is 1. The Kier molecular flexibility index (Phi) is 4.71. The fraction of sp³-hybridized carbons (Fsp3) is 0.176. The van der Waals surface area contributed by atoms with Gasteiger partial charge in [-0.3, -0.25) is 4.79 Å². The summed E-state index contributed by atoms with van der Waals surface area (Å²) in [6.45, 7) is 3.76. The summed E-state index contributed by atoms with van der Waals surface area (Å²) in [6, 6.07) is 13.3. The number of benzene rings is 2. The molecule has 1 heterocycles. The van der Waals surface area contributed by atoms with Crippen molar-refractivity contribution < 1.29 is 9.18 Å². The normalized spacial score (nSPS) is 12.1. The van der Waals surface area contributed by atoms with Crippen LogP contribution in [0.5, 0.6) is 0 Å². The Morgan fingerprint density at radius 2 is 1.88 bits per heavy atom. The topological polar surface area (TPSA) is 60.7 Å². The third-order valence-electron chi connectivity index (χ3n) is 3.56. The molecule has 122 valence electrons. The van der Waals surface area contributed by atoms with Crippen LogP contribution in [0, 0.1) is 12.7 Å². The zero-order chi connectivity index (χ0) is 17.1. The summed E-state index contributed by atoms with van der Waals surface area (Å²) in [4.78, 5) is 12.5. The first-order valence-corrected chi connectivity index (χ1v) is 8.25. The van der Waals surface area contributed by atoms with Gasteiger partial charge in [-0.2, -0.15) is 4.68 Å². The summed E-state index contributed by atoms with van der Waals surface area (Å²) in [5.74, 6) is -0.463. The highest BCUT2D eigenvalue weighted by Gasteiger charge is 2.21. The Labute approximate surface area is 142 Å². The number of carbonyl (C=O) groups is 1. The largest absolute Gasteiger partial charge is 0.293 e. The van der Waals surface area contributed by atoms with Crippen molar-refractivity contribution in [1.29, 1.82) is 0 Å². The standard InChI is InChI=1S/C17H15FN4OS/c1-11-5-3-4-6-15(11)22-17(19-20-21-22)24-12(2)16(23)13-7-9-14(18)10-8-13/h3-10,12H,1-2H3/t12-/m0/s1. The number of para-hydroxylation sites is 1. The highest BCUT2D eigenvalue weighted by molar-refractivity contribution is 8.00. The van der Waals surface area contributed by atoms with E-state index in [0.717, 1.165) is 11.3 Å². The molecule has 0 amide bonds. The van der Waals surface area contributed by atoms with Gasteiger partial charge in [-0.25, -0.2) is 4.39 Å². The second-order valence-corrected chi connectivity index (χ2v) is 6.60. The molecule has 7 heteroatoms. The van der Waals surface area contributed by atoms with E-state index in [1.165, 1.54) is 36.0 Å². The Bertz CT molecular complexity index is 863. The molecule has 0 saturated heterocycles. The van der Waals surface area contributed by atoms with E-state index >= 15 is 0 Å². The Balaban J connectivity index is 1.82. The zero-order valence-electron chi connectivity index (χ0n) is 13.2. The molecule has 0 aliphatic rings. The second-order valence-electron chi connectivity index (χ2n) is 5.29. The Morgan fingerprint density at radius 3 is 2.58 bits per heavy atom. The number of carbonyl (C=O) groups excluding carboxylic acids is 1. The monoisotopic (exact) mass is 342 g/mol. The third-order valence-corrected chi connectivity index (χ3v) is 4.60. The van der Waals surface area contributed by atoms with Crippen LogP contribution >= 0.6 is 11.8 Å². The van der Waals surface area contributed by atoms with E-state index in [0.29, 0.717) is 10.7 Å². The third kappa shape index (κ3) is 3.35. The van der Waals surface area contributed by atoms with Gasteiger partial charge < -0.3 is 0 Å². The van der Waals surface area contributed by atoms with Gasteiger partial charge in [-0.1, -0.05) is 30.0 Å². The van der Waals surface area contributed by atoms with Crippen molar-refractivity contribution in [1.82, 2.24) is 20.2 Å². The molecule has 0 unspecified atom stereocenters. The summed E-state index contributed by atoms with van der Waals surface area (Å²) in [5.41, 5.74) is 2.36. The molecule has 1 aromatic heterocycles. The first-order valence-electron chi connectivity index (χ1n) is 7.37. The molecule has 3 rings (SSSR count). The van der Waals surface area contributed by atoms with Crippen molar-refractivity contribution >= 4 is 17.5 Å². The predicted molar refractivity (Wildman–Crippen MR) is 89.9 cm³/mol. The summed E-state index contributed by atoms with van der Waals surface area (Å²) >= 11 is 1.27. The summed E-state index contributed by atoms with van der Waals surface area (Å²) < 4.78 is 14.6. The van der Waals surface area contributed by atoms with Gasteiger partial charge in [0.15, 0.2) is 5.78 Å². The number of rotatable bonds is 5. The van der Waals surface area contributed by atoms with Crippen LogP contribution in [0.4, 0.5) is 4.39 Å². The molecule has 0 bridgehead atoms.